The van der Waals surface area contributed by atoms with E-state index in [0.29, 0.717) is 0 Å². The normalized spacial score (nSPS) is 25.4. The van der Waals surface area contributed by atoms with Gasteiger partial charge in [0, 0.05) is 18.9 Å². The van der Waals surface area contributed by atoms with Gasteiger partial charge in [0.2, 0.25) is 0 Å². The van der Waals surface area contributed by atoms with Crippen molar-refractivity contribution in [3.8, 4) is 0 Å². The van der Waals surface area contributed by atoms with Crippen LogP contribution >= 0.6 is 0 Å². The first-order valence-electron chi connectivity index (χ1n) is 6.39. The average molecular weight is 218 g/mol. The zero-order chi connectivity index (χ0) is 11.4. The number of rotatable bonds is 3. The fourth-order valence-corrected chi connectivity index (χ4v) is 2.66. The molecule has 16 heavy (non-hydrogen) atoms. The van der Waals surface area contributed by atoms with Gasteiger partial charge in [-0.3, -0.25) is 4.98 Å². The molecule has 1 heterocycles. The third-order valence-corrected chi connectivity index (χ3v) is 3.51. The molecule has 1 aliphatic rings. The molecule has 1 aromatic heterocycles. The molecule has 1 fully saturated rings. The monoisotopic (exact) mass is 218 g/mol. The summed E-state index contributed by atoms with van der Waals surface area (Å²) in [7, 11) is 0. The highest BCUT2D eigenvalue weighted by molar-refractivity contribution is 5.42. The standard InChI is InChI=1S/C14H22N2/c1-11-4-3-5-13(6-11)9-16-14-7-12(2)8-15-10-14/h7-8,10-11,13,16H,3-6,9H2,1-2H3. The summed E-state index contributed by atoms with van der Waals surface area (Å²) in [6.07, 6.45) is 9.40. The highest BCUT2D eigenvalue weighted by Gasteiger charge is 2.18. The minimum absolute atomic E-state index is 0.851. The number of pyridine rings is 1. The molecule has 0 spiro atoms. The maximum Gasteiger partial charge on any atom is 0.0529 e. The van der Waals surface area contributed by atoms with Crippen LogP contribution in [0.5, 0.6) is 0 Å². The third-order valence-electron chi connectivity index (χ3n) is 3.51. The minimum Gasteiger partial charge on any atom is -0.384 e. The van der Waals surface area contributed by atoms with Crippen LogP contribution in [0.2, 0.25) is 0 Å². The van der Waals surface area contributed by atoms with E-state index in [2.05, 4.69) is 30.2 Å². The Morgan fingerprint density at radius 3 is 3.00 bits per heavy atom. The van der Waals surface area contributed by atoms with E-state index < -0.39 is 0 Å². The maximum absolute atomic E-state index is 4.20. The van der Waals surface area contributed by atoms with E-state index in [0.717, 1.165) is 18.4 Å². The first kappa shape index (κ1) is 11.4. The lowest BCUT2D eigenvalue weighted by Crippen LogP contribution is -2.21. The predicted molar refractivity (Wildman–Crippen MR) is 68.6 cm³/mol. The average Bonchev–Trinajstić information content (AvgIpc) is 2.27. The van der Waals surface area contributed by atoms with Gasteiger partial charge in [-0.15, -0.1) is 0 Å². The number of anilines is 1. The molecule has 88 valence electrons. The summed E-state index contributed by atoms with van der Waals surface area (Å²) in [4.78, 5) is 4.20. The lowest BCUT2D eigenvalue weighted by Gasteiger charge is -2.27. The van der Waals surface area contributed by atoms with Crippen molar-refractivity contribution < 1.29 is 0 Å². The number of nitrogens with one attached hydrogen (secondary N) is 1. The Labute approximate surface area is 98.5 Å². The van der Waals surface area contributed by atoms with Crippen LogP contribution in [-0.4, -0.2) is 11.5 Å². The van der Waals surface area contributed by atoms with E-state index in [1.54, 1.807) is 0 Å². The lowest BCUT2D eigenvalue weighted by molar-refractivity contribution is 0.293. The lowest BCUT2D eigenvalue weighted by atomic mass is 9.82. The quantitative estimate of drug-likeness (QED) is 0.838. The van der Waals surface area contributed by atoms with Crippen LogP contribution < -0.4 is 5.32 Å². The van der Waals surface area contributed by atoms with Gasteiger partial charge in [0.05, 0.1) is 5.69 Å². The Bertz CT molecular complexity index is 335. The second kappa shape index (κ2) is 5.33. The topological polar surface area (TPSA) is 24.9 Å². The summed E-state index contributed by atoms with van der Waals surface area (Å²) in [5, 5.41) is 3.51. The van der Waals surface area contributed by atoms with E-state index >= 15 is 0 Å². The summed E-state index contributed by atoms with van der Waals surface area (Å²) in [5.41, 5.74) is 2.39. The largest absolute Gasteiger partial charge is 0.384 e. The van der Waals surface area contributed by atoms with E-state index in [9.17, 15) is 0 Å². The summed E-state index contributed by atoms with van der Waals surface area (Å²) in [5.74, 6) is 1.76. The Morgan fingerprint density at radius 1 is 1.38 bits per heavy atom. The van der Waals surface area contributed by atoms with Crippen LogP contribution in [0.15, 0.2) is 18.5 Å². The molecule has 2 atom stereocenters. The molecular formula is C14H22N2. The summed E-state index contributed by atoms with van der Waals surface area (Å²) in [6, 6.07) is 2.17. The fraction of sp³-hybridized carbons (Fsp3) is 0.643. The Balaban J connectivity index is 1.82. The smallest absolute Gasteiger partial charge is 0.0529 e. The molecule has 1 aromatic rings. The molecule has 1 saturated carbocycles. The molecule has 0 aromatic carbocycles. The van der Waals surface area contributed by atoms with Gasteiger partial charge in [0.1, 0.15) is 0 Å². The number of aryl methyl sites for hydroxylation is 1. The Kier molecular flexibility index (Phi) is 3.81. The second-order valence-electron chi connectivity index (χ2n) is 5.27. The molecule has 2 unspecified atom stereocenters. The Hall–Kier alpha value is -1.05. The van der Waals surface area contributed by atoms with Crippen molar-refractivity contribution in [2.24, 2.45) is 11.8 Å². The van der Waals surface area contributed by atoms with E-state index in [4.69, 9.17) is 0 Å². The molecule has 2 heteroatoms. The molecule has 0 bridgehead atoms. The molecule has 2 nitrogen and oxygen atoms in total. The van der Waals surface area contributed by atoms with Crippen LogP contribution in [0, 0.1) is 18.8 Å². The van der Waals surface area contributed by atoms with Crippen molar-refractivity contribution in [2.75, 3.05) is 11.9 Å². The van der Waals surface area contributed by atoms with Crippen molar-refractivity contribution >= 4 is 5.69 Å². The number of hydrogen-bond donors (Lipinski definition) is 1. The van der Waals surface area contributed by atoms with Gasteiger partial charge in [-0.05, 0) is 43.2 Å². The Morgan fingerprint density at radius 2 is 2.25 bits per heavy atom. The van der Waals surface area contributed by atoms with Gasteiger partial charge >= 0.3 is 0 Å². The predicted octanol–water partition coefficient (Wildman–Crippen LogP) is 3.63. The number of nitrogens with zero attached hydrogens (tertiary/aromatic N) is 1. The molecule has 1 N–H and O–H groups in total. The van der Waals surface area contributed by atoms with Crippen LogP contribution in [0.25, 0.3) is 0 Å². The molecule has 0 radical (unpaired) electrons. The van der Waals surface area contributed by atoms with Gasteiger partial charge in [0.15, 0.2) is 0 Å². The molecule has 0 saturated heterocycles. The summed E-state index contributed by atoms with van der Waals surface area (Å²) >= 11 is 0. The molecular weight excluding hydrogens is 196 g/mol. The van der Waals surface area contributed by atoms with Gasteiger partial charge in [0.25, 0.3) is 0 Å². The van der Waals surface area contributed by atoms with E-state index in [1.807, 2.05) is 12.4 Å². The van der Waals surface area contributed by atoms with Gasteiger partial charge in [-0.2, -0.15) is 0 Å². The molecule has 0 aliphatic heterocycles. The van der Waals surface area contributed by atoms with Crippen molar-refractivity contribution in [3.05, 3.63) is 24.0 Å². The van der Waals surface area contributed by atoms with Crippen LogP contribution in [-0.2, 0) is 0 Å². The number of aromatic nitrogens is 1. The van der Waals surface area contributed by atoms with Crippen LogP contribution in [0.4, 0.5) is 5.69 Å². The highest BCUT2D eigenvalue weighted by Crippen LogP contribution is 2.28. The van der Waals surface area contributed by atoms with Crippen molar-refractivity contribution in [2.45, 2.75) is 39.5 Å². The molecule has 1 aliphatic carbocycles. The summed E-state index contributed by atoms with van der Waals surface area (Å²) in [6.45, 7) is 5.57. The third kappa shape index (κ3) is 3.22. The first-order valence-corrected chi connectivity index (χ1v) is 6.39. The highest BCUT2D eigenvalue weighted by atomic mass is 14.9. The van der Waals surface area contributed by atoms with E-state index in [-0.39, 0.29) is 0 Å². The van der Waals surface area contributed by atoms with Gasteiger partial charge in [-0.25, -0.2) is 0 Å². The first-order chi connectivity index (χ1) is 7.74. The van der Waals surface area contributed by atoms with E-state index in [1.165, 1.54) is 36.9 Å². The minimum atomic E-state index is 0.851. The van der Waals surface area contributed by atoms with Gasteiger partial charge in [-0.1, -0.05) is 19.8 Å². The van der Waals surface area contributed by atoms with Crippen molar-refractivity contribution in [1.29, 1.82) is 0 Å². The molecule has 0 amide bonds. The molecule has 2 rings (SSSR count). The van der Waals surface area contributed by atoms with Crippen molar-refractivity contribution in [3.63, 3.8) is 0 Å². The van der Waals surface area contributed by atoms with Crippen LogP contribution in [0.1, 0.15) is 38.2 Å². The SMILES string of the molecule is Cc1cncc(NCC2CCCC(C)C2)c1. The zero-order valence-electron chi connectivity index (χ0n) is 10.4. The maximum atomic E-state index is 4.20. The number of hydrogen-bond acceptors (Lipinski definition) is 2. The van der Waals surface area contributed by atoms with Gasteiger partial charge < -0.3 is 5.32 Å². The second-order valence-corrected chi connectivity index (χ2v) is 5.27. The van der Waals surface area contributed by atoms with Crippen LogP contribution in [0.3, 0.4) is 0 Å². The fourth-order valence-electron chi connectivity index (χ4n) is 2.66. The zero-order valence-corrected chi connectivity index (χ0v) is 10.4. The van der Waals surface area contributed by atoms with Crippen molar-refractivity contribution in [1.82, 2.24) is 4.98 Å². The summed E-state index contributed by atoms with van der Waals surface area (Å²) < 4.78 is 0.